The van der Waals surface area contributed by atoms with Gasteiger partial charge in [-0.1, -0.05) is 0 Å². The predicted molar refractivity (Wildman–Crippen MR) is 82.3 cm³/mol. The molecular weight excluding hydrogens is 363 g/mol. The summed E-state index contributed by atoms with van der Waals surface area (Å²) in [6, 6.07) is 7.81. The number of methoxy groups -OCH3 is 1. The van der Waals surface area contributed by atoms with Crippen LogP contribution in [0, 0.1) is 5.82 Å². The Morgan fingerprint density at radius 2 is 1.95 bits per heavy atom. The molecule has 21 heavy (non-hydrogen) atoms. The lowest BCUT2D eigenvalue weighted by Gasteiger charge is -2.11. The second-order valence-electron chi connectivity index (χ2n) is 4.14. The average molecular weight is 375 g/mol. The zero-order valence-electron chi connectivity index (χ0n) is 10.9. The Morgan fingerprint density at radius 1 is 1.24 bits per heavy atom. The first kappa shape index (κ1) is 15.6. The smallest absolute Gasteiger partial charge is 0.263 e. The van der Waals surface area contributed by atoms with Crippen LogP contribution in [0.5, 0.6) is 5.75 Å². The van der Waals surface area contributed by atoms with Crippen LogP contribution in [0.1, 0.15) is 0 Å². The molecule has 0 atom stereocenters. The van der Waals surface area contributed by atoms with E-state index in [1.165, 1.54) is 7.11 Å². The summed E-state index contributed by atoms with van der Waals surface area (Å²) in [5, 5.41) is 0. The summed E-state index contributed by atoms with van der Waals surface area (Å²) in [6.45, 7) is 0. The Morgan fingerprint density at radius 3 is 2.52 bits per heavy atom. The minimum atomic E-state index is -3.90. The number of ether oxygens (including phenoxy) is 1. The molecule has 2 aromatic carbocycles. The van der Waals surface area contributed by atoms with Gasteiger partial charge in [-0.3, -0.25) is 4.72 Å². The Kier molecular flexibility index (Phi) is 4.38. The summed E-state index contributed by atoms with van der Waals surface area (Å²) in [4.78, 5) is -0.184. The summed E-state index contributed by atoms with van der Waals surface area (Å²) >= 11 is 3.26. The minimum Gasteiger partial charge on any atom is -0.496 e. The lowest BCUT2D eigenvalue weighted by molar-refractivity contribution is 0.412. The van der Waals surface area contributed by atoms with Gasteiger partial charge in [-0.15, -0.1) is 0 Å². The highest BCUT2D eigenvalue weighted by molar-refractivity contribution is 9.10. The molecule has 3 N–H and O–H groups in total. The van der Waals surface area contributed by atoms with Crippen molar-refractivity contribution >= 4 is 37.3 Å². The van der Waals surface area contributed by atoms with Gasteiger partial charge in [0.2, 0.25) is 0 Å². The number of nitrogens with two attached hydrogens (primary N) is 1. The van der Waals surface area contributed by atoms with Crippen LogP contribution < -0.4 is 15.2 Å². The van der Waals surface area contributed by atoms with E-state index in [0.29, 0.717) is 15.9 Å². The van der Waals surface area contributed by atoms with Crippen LogP contribution in [-0.4, -0.2) is 15.5 Å². The molecule has 0 bridgehead atoms. The zero-order chi connectivity index (χ0) is 15.6. The molecule has 0 unspecified atom stereocenters. The van der Waals surface area contributed by atoms with Crippen molar-refractivity contribution in [3.8, 4) is 5.75 Å². The molecule has 0 amide bonds. The standard InChI is InChI=1S/C13H12BrFN2O3S/c1-20-12-4-3-9(7-10(12)14)17-21(18,19)13-5-2-8(15)6-11(13)16/h2-7,17H,16H2,1H3. The highest BCUT2D eigenvalue weighted by Crippen LogP contribution is 2.29. The number of nitrogen functional groups attached to an aromatic ring is 1. The van der Waals surface area contributed by atoms with Crippen LogP contribution in [0.25, 0.3) is 0 Å². The third-order valence-corrected chi connectivity index (χ3v) is 4.74. The molecule has 0 fully saturated rings. The van der Waals surface area contributed by atoms with Gasteiger partial charge in [0.25, 0.3) is 10.0 Å². The predicted octanol–water partition coefficient (Wildman–Crippen LogP) is 2.98. The molecule has 0 spiro atoms. The number of halogens is 2. The normalized spacial score (nSPS) is 11.2. The fourth-order valence-electron chi connectivity index (χ4n) is 1.70. The van der Waals surface area contributed by atoms with E-state index in [9.17, 15) is 12.8 Å². The molecule has 5 nitrogen and oxygen atoms in total. The van der Waals surface area contributed by atoms with E-state index in [4.69, 9.17) is 10.5 Å². The van der Waals surface area contributed by atoms with Crippen molar-refractivity contribution in [2.24, 2.45) is 0 Å². The van der Waals surface area contributed by atoms with Gasteiger partial charge in [0.1, 0.15) is 16.5 Å². The zero-order valence-corrected chi connectivity index (χ0v) is 13.3. The van der Waals surface area contributed by atoms with Crippen LogP contribution in [0.15, 0.2) is 45.8 Å². The molecule has 0 aromatic heterocycles. The molecule has 2 aromatic rings. The number of nitrogens with one attached hydrogen (secondary N) is 1. The number of anilines is 2. The first-order chi connectivity index (χ1) is 9.83. The van der Waals surface area contributed by atoms with Crippen LogP contribution in [0.2, 0.25) is 0 Å². The third kappa shape index (κ3) is 3.45. The third-order valence-electron chi connectivity index (χ3n) is 2.67. The molecule has 0 saturated heterocycles. The van der Waals surface area contributed by atoms with Gasteiger partial charge < -0.3 is 10.5 Å². The number of hydrogen-bond acceptors (Lipinski definition) is 4. The van der Waals surface area contributed by atoms with Gasteiger partial charge in [-0.2, -0.15) is 0 Å². The maximum Gasteiger partial charge on any atom is 0.263 e. The summed E-state index contributed by atoms with van der Waals surface area (Å²) in [5.41, 5.74) is 5.72. The lowest BCUT2D eigenvalue weighted by atomic mass is 10.3. The van der Waals surface area contributed by atoms with E-state index < -0.39 is 15.8 Å². The van der Waals surface area contributed by atoms with Crippen molar-refractivity contribution in [1.82, 2.24) is 0 Å². The molecular formula is C13H12BrFN2O3S. The molecule has 0 radical (unpaired) electrons. The van der Waals surface area contributed by atoms with E-state index >= 15 is 0 Å². The average Bonchev–Trinajstić information content (AvgIpc) is 2.37. The molecule has 0 aliphatic heterocycles. The number of sulfonamides is 1. The van der Waals surface area contributed by atoms with Crippen molar-refractivity contribution in [2.75, 3.05) is 17.6 Å². The van der Waals surface area contributed by atoms with Crippen LogP contribution >= 0.6 is 15.9 Å². The van der Waals surface area contributed by atoms with Crippen LogP contribution in [-0.2, 0) is 10.0 Å². The Hall–Kier alpha value is -1.80. The maximum absolute atomic E-state index is 13.0. The van der Waals surface area contributed by atoms with Crippen LogP contribution in [0.3, 0.4) is 0 Å². The second-order valence-corrected chi connectivity index (χ2v) is 6.64. The van der Waals surface area contributed by atoms with Crippen molar-refractivity contribution in [1.29, 1.82) is 0 Å². The first-order valence-corrected chi connectivity index (χ1v) is 8.02. The first-order valence-electron chi connectivity index (χ1n) is 5.75. The Balaban J connectivity index is 2.35. The second kappa shape index (κ2) is 5.90. The highest BCUT2D eigenvalue weighted by atomic mass is 79.9. The molecule has 0 heterocycles. The minimum absolute atomic E-state index is 0.157. The maximum atomic E-state index is 13.0. The van der Waals surface area contributed by atoms with Gasteiger partial charge in [0.15, 0.2) is 0 Å². The summed E-state index contributed by atoms with van der Waals surface area (Å²) < 4.78 is 45.5. The molecule has 112 valence electrons. The van der Waals surface area contributed by atoms with Crippen molar-refractivity contribution in [2.45, 2.75) is 4.90 Å². The van der Waals surface area contributed by atoms with E-state index in [2.05, 4.69) is 20.7 Å². The van der Waals surface area contributed by atoms with Crippen molar-refractivity contribution < 1.29 is 17.5 Å². The van der Waals surface area contributed by atoms with Gasteiger partial charge >= 0.3 is 0 Å². The highest BCUT2D eigenvalue weighted by Gasteiger charge is 2.18. The van der Waals surface area contributed by atoms with E-state index in [1.807, 2.05) is 0 Å². The van der Waals surface area contributed by atoms with Gasteiger partial charge in [0.05, 0.1) is 23.0 Å². The fourth-order valence-corrected chi connectivity index (χ4v) is 3.41. The summed E-state index contributed by atoms with van der Waals surface area (Å²) in [7, 11) is -2.40. The Labute approximate surface area is 130 Å². The molecule has 8 heteroatoms. The Bertz CT molecular complexity index is 781. The molecule has 0 aliphatic carbocycles. The van der Waals surface area contributed by atoms with Crippen molar-refractivity contribution in [3.05, 3.63) is 46.7 Å². The van der Waals surface area contributed by atoms with Gasteiger partial charge in [0, 0.05) is 0 Å². The van der Waals surface area contributed by atoms with Crippen molar-refractivity contribution in [3.63, 3.8) is 0 Å². The van der Waals surface area contributed by atoms with Crippen LogP contribution in [0.4, 0.5) is 15.8 Å². The van der Waals surface area contributed by atoms with E-state index in [1.54, 1.807) is 18.2 Å². The van der Waals surface area contributed by atoms with E-state index in [0.717, 1.165) is 18.2 Å². The monoisotopic (exact) mass is 374 g/mol. The largest absolute Gasteiger partial charge is 0.496 e. The fraction of sp³-hybridized carbons (Fsp3) is 0.0769. The number of benzene rings is 2. The van der Waals surface area contributed by atoms with Gasteiger partial charge in [-0.05, 0) is 52.3 Å². The molecule has 0 aliphatic rings. The lowest BCUT2D eigenvalue weighted by Crippen LogP contribution is -2.15. The molecule has 0 saturated carbocycles. The summed E-state index contributed by atoms with van der Waals surface area (Å²) in [6.07, 6.45) is 0. The van der Waals surface area contributed by atoms with E-state index in [-0.39, 0.29) is 10.6 Å². The quantitative estimate of drug-likeness (QED) is 0.806. The summed E-state index contributed by atoms with van der Waals surface area (Å²) in [5.74, 6) is -0.0297. The number of rotatable bonds is 4. The number of hydrogen-bond donors (Lipinski definition) is 2. The van der Waals surface area contributed by atoms with Gasteiger partial charge in [-0.25, -0.2) is 12.8 Å². The SMILES string of the molecule is COc1ccc(NS(=O)(=O)c2ccc(F)cc2N)cc1Br. The molecule has 2 rings (SSSR count). The topological polar surface area (TPSA) is 81.4 Å².